The third-order valence-electron chi connectivity index (χ3n) is 2.80. The minimum absolute atomic E-state index is 1.08. The Balaban J connectivity index is 2.21. The summed E-state index contributed by atoms with van der Waals surface area (Å²) in [4.78, 5) is 2.11. The van der Waals surface area contributed by atoms with Gasteiger partial charge in [0.15, 0.2) is 0 Å². The maximum atomic E-state index is 3.36. The van der Waals surface area contributed by atoms with E-state index in [0.29, 0.717) is 0 Å². The number of benzene rings is 2. The summed E-state index contributed by atoms with van der Waals surface area (Å²) in [7, 11) is 6.12. The molecule has 0 amide bonds. The van der Waals surface area contributed by atoms with Gasteiger partial charge in [-0.25, -0.2) is 0 Å². The average Bonchev–Trinajstić information content (AvgIpc) is 2.40. The molecule has 1 N–H and O–H groups in total. The summed E-state index contributed by atoms with van der Waals surface area (Å²) in [6, 6.07) is 18.5. The van der Waals surface area contributed by atoms with E-state index in [2.05, 4.69) is 54.8 Å². The first kappa shape index (κ1) is 12.3. The van der Waals surface area contributed by atoms with Crippen LogP contribution < -0.4 is 15.3 Å². The van der Waals surface area contributed by atoms with Gasteiger partial charge >= 0.3 is 0 Å². The van der Waals surface area contributed by atoms with Crippen molar-refractivity contribution in [3.63, 3.8) is 0 Å². The first-order valence-electron chi connectivity index (χ1n) is 6.00. The van der Waals surface area contributed by atoms with Crippen LogP contribution in [0.3, 0.4) is 0 Å². The fraction of sp³-hybridized carbons (Fsp3) is 0.200. The molecule has 0 saturated heterocycles. The second-order valence-electron chi connectivity index (χ2n) is 4.42. The molecule has 2 rings (SSSR count). The maximum absolute atomic E-state index is 3.36. The molecule has 0 unspecified atom stereocenters. The second-order valence-corrected chi connectivity index (χ2v) is 4.42. The zero-order valence-electron chi connectivity index (χ0n) is 11.1. The standard InChI is InChI=1S/C15H19N3/c1-17(2)14-11-7-8-12-15(14)18(3)16-13-9-5-4-6-10-13/h4-12,16H,1-3H3. The van der Waals surface area contributed by atoms with Crippen LogP contribution in [0, 0.1) is 0 Å². The molecule has 0 fully saturated rings. The quantitative estimate of drug-likeness (QED) is 0.829. The number of rotatable bonds is 4. The number of hydrogen-bond acceptors (Lipinski definition) is 3. The highest BCUT2D eigenvalue weighted by Crippen LogP contribution is 2.26. The first-order valence-corrected chi connectivity index (χ1v) is 6.00. The molecular formula is C15H19N3. The summed E-state index contributed by atoms with van der Waals surface area (Å²) in [6.07, 6.45) is 0. The molecule has 3 nitrogen and oxygen atoms in total. The fourth-order valence-electron chi connectivity index (χ4n) is 1.89. The van der Waals surface area contributed by atoms with Gasteiger partial charge in [-0.2, -0.15) is 0 Å². The van der Waals surface area contributed by atoms with Crippen LogP contribution in [0.4, 0.5) is 17.1 Å². The van der Waals surface area contributed by atoms with Crippen LogP contribution in [-0.2, 0) is 0 Å². The van der Waals surface area contributed by atoms with Crippen molar-refractivity contribution in [1.82, 2.24) is 0 Å². The smallest absolute Gasteiger partial charge is 0.0801 e. The molecule has 0 spiro atoms. The molecule has 0 aliphatic carbocycles. The van der Waals surface area contributed by atoms with Crippen molar-refractivity contribution in [3.8, 4) is 0 Å². The minimum Gasteiger partial charge on any atom is -0.376 e. The molecule has 18 heavy (non-hydrogen) atoms. The number of hydrazine groups is 1. The fourth-order valence-corrected chi connectivity index (χ4v) is 1.89. The molecule has 2 aromatic carbocycles. The van der Waals surface area contributed by atoms with E-state index in [1.54, 1.807) is 0 Å². The van der Waals surface area contributed by atoms with Gasteiger partial charge in [0.1, 0.15) is 0 Å². The Bertz CT molecular complexity index is 494. The van der Waals surface area contributed by atoms with Crippen molar-refractivity contribution in [3.05, 3.63) is 54.6 Å². The van der Waals surface area contributed by atoms with Crippen LogP contribution >= 0.6 is 0 Å². The number of hydrogen-bond donors (Lipinski definition) is 1. The Labute approximate surface area is 109 Å². The molecule has 0 aromatic heterocycles. The monoisotopic (exact) mass is 241 g/mol. The lowest BCUT2D eigenvalue weighted by molar-refractivity contribution is 1.06. The lowest BCUT2D eigenvalue weighted by Crippen LogP contribution is -2.26. The molecule has 0 aliphatic rings. The molecule has 3 heteroatoms. The SMILES string of the molecule is CN(C)c1ccccc1N(C)Nc1ccccc1. The molecule has 0 aliphatic heterocycles. The third-order valence-corrected chi connectivity index (χ3v) is 2.80. The highest BCUT2D eigenvalue weighted by molar-refractivity contribution is 5.72. The van der Waals surface area contributed by atoms with Crippen LogP contribution in [-0.4, -0.2) is 21.1 Å². The predicted octanol–water partition coefficient (Wildman–Crippen LogP) is 3.22. The molecule has 2 aromatic rings. The molecule has 0 bridgehead atoms. The van der Waals surface area contributed by atoms with Crippen molar-refractivity contribution >= 4 is 17.1 Å². The van der Waals surface area contributed by atoms with E-state index in [1.807, 2.05) is 36.3 Å². The molecule has 0 heterocycles. The van der Waals surface area contributed by atoms with E-state index in [0.717, 1.165) is 11.4 Å². The van der Waals surface area contributed by atoms with Crippen molar-refractivity contribution in [1.29, 1.82) is 0 Å². The summed E-state index contributed by atoms with van der Waals surface area (Å²) in [5, 5.41) is 2.03. The van der Waals surface area contributed by atoms with E-state index in [-0.39, 0.29) is 0 Å². The normalized spacial score (nSPS) is 9.94. The molecule has 0 radical (unpaired) electrons. The van der Waals surface area contributed by atoms with Gasteiger partial charge in [-0.1, -0.05) is 30.3 Å². The number of nitrogens with one attached hydrogen (secondary N) is 1. The first-order chi connectivity index (χ1) is 8.68. The Morgan fingerprint density at radius 2 is 1.28 bits per heavy atom. The molecule has 0 saturated carbocycles. The van der Waals surface area contributed by atoms with Crippen LogP contribution in [0.2, 0.25) is 0 Å². The number of para-hydroxylation sites is 3. The van der Waals surface area contributed by atoms with Crippen molar-refractivity contribution in [2.24, 2.45) is 0 Å². The summed E-state index contributed by atoms with van der Waals surface area (Å²) >= 11 is 0. The van der Waals surface area contributed by atoms with Crippen LogP contribution in [0.15, 0.2) is 54.6 Å². The van der Waals surface area contributed by atoms with Gasteiger partial charge in [-0.05, 0) is 24.3 Å². The van der Waals surface area contributed by atoms with Gasteiger partial charge in [0, 0.05) is 21.1 Å². The zero-order valence-corrected chi connectivity index (χ0v) is 11.1. The summed E-state index contributed by atoms with van der Waals surface area (Å²) in [6.45, 7) is 0. The topological polar surface area (TPSA) is 18.5 Å². The van der Waals surface area contributed by atoms with E-state index in [4.69, 9.17) is 0 Å². The van der Waals surface area contributed by atoms with Gasteiger partial charge in [-0.3, -0.25) is 10.4 Å². The Hall–Kier alpha value is -2.16. The summed E-state index contributed by atoms with van der Waals surface area (Å²) < 4.78 is 0. The van der Waals surface area contributed by atoms with Gasteiger partial charge in [-0.15, -0.1) is 0 Å². The Morgan fingerprint density at radius 3 is 1.89 bits per heavy atom. The molecule has 94 valence electrons. The van der Waals surface area contributed by atoms with Crippen molar-refractivity contribution in [2.45, 2.75) is 0 Å². The van der Waals surface area contributed by atoms with Crippen molar-refractivity contribution < 1.29 is 0 Å². The number of anilines is 3. The predicted molar refractivity (Wildman–Crippen MR) is 79.2 cm³/mol. The summed E-state index contributed by atoms with van der Waals surface area (Å²) in [5.41, 5.74) is 6.77. The largest absolute Gasteiger partial charge is 0.376 e. The van der Waals surface area contributed by atoms with Gasteiger partial charge in [0.25, 0.3) is 0 Å². The van der Waals surface area contributed by atoms with E-state index in [9.17, 15) is 0 Å². The lowest BCUT2D eigenvalue weighted by atomic mass is 10.2. The minimum atomic E-state index is 1.08. The molecule has 0 atom stereocenters. The van der Waals surface area contributed by atoms with E-state index in [1.165, 1.54) is 5.69 Å². The maximum Gasteiger partial charge on any atom is 0.0801 e. The highest BCUT2D eigenvalue weighted by atomic mass is 15.5. The van der Waals surface area contributed by atoms with Crippen LogP contribution in [0.25, 0.3) is 0 Å². The Morgan fingerprint density at radius 1 is 0.722 bits per heavy atom. The molecular weight excluding hydrogens is 222 g/mol. The summed E-state index contributed by atoms with van der Waals surface area (Å²) in [5.74, 6) is 0. The zero-order chi connectivity index (χ0) is 13.0. The van der Waals surface area contributed by atoms with Crippen LogP contribution in [0.1, 0.15) is 0 Å². The van der Waals surface area contributed by atoms with E-state index < -0.39 is 0 Å². The third kappa shape index (κ3) is 2.74. The van der Waals surface area contributed by atoms with Gasteiger partial charge < -0.3 is 4.90 Å². The van der Waals surface area contributed by atoms with Gasteiger partial charge in [0.2, 0.25) is 0 Å². The highest BCUT2D eigenvalue weighted by Gasteiger charge is 2.07. The van der Waals surface area contributed by atoms with Crippen LogP contribution in [0.5, 0.6) is 0 Å². The second kappa shape index (κ2) is 5.45. The van der Waals surface area contributed by atoms with Gasteiger partial charge in [0.05, 0.1) is 17.1 Å². The number of nitrogens with zero attached hydrogens (tertiary/aromatic N) is 2. The average molecular weight is 241 g/mol. The Kier molecular flexibility index (Phi) is 3.72. The van der Waals surface area contributed by atoms with Crippen molar-refractivity contribution in [2.75, 3.05) is 36.5 Å². The lowest BCUT2D eigenvalue weighted by Gasteiger charge is -2.26. The van der Waals surface area contributed by atoms with E-state index >= 15 is 0 Å².